The fourth-order valence-corrected chi connectivity index (χ4v) is 4.32. The third-order valence-electron chi connectivity index (χ3n) is 4.03. The predicted molar refractivity (Wildman–Crippen MR) is 124 cm³/mol. The number of amides is 1. The Bertz CT molecular complexity index is 1280. The first-order chi connectivity index (χ1) is 15.2. The van der Waals surface area contributed by atoms with E-state index in [0.717, 1.165) is 0 Å². The second-order valence-corrected chi connectivity index (χ2v) is 9.01. The van der Waals surface area contributed by atoms with E-state index in [0.29, 0.717) is 10.6 Å². The summed E-state index contributed by atoms with van der Waals surface area (Å²) in [6.45, 7) is 0. The van der Waals surface area contributed by atoms with Gasteiger partial charge in [-0.2, -0.15) is 13.5 Å². The average Bonchev–Trinajstić information content (AvgIpc) is 2.75. The van der Waals surface area contributed by atoms with Gasteiger partial charge in [-0.25, -0.2) is 5.43 Å². The van der Waals surface area contributed by atoms with Crippen LogP contribution in [-0.4, -0.2) is 27.6 Å². The number of hydrogen-bond acceptors (Lipinski definition) is 6. The van der Waals surface area contributed by atoms with Gasteiger partial charge in [-0.1, -0.05) is 53.0 Å². The molecule has 0 saturated carbocycles. The van der Waals surface area contributed by atoms with Gasteiger partial charge >= 0.3 is 10.1 Å². The van der Waals surface area contributed by atoms with Crippen molar-refractivity contribution in [1.29, 1.82) is 0 Å². The molecule has 0 bridgehead atoms. The molecular formula is C21H15Cl3N2O5S. The van der Waals surface area contributed by atoms with Crippen LogP contribution in [0.15, 0.2) is 70.7 Å². The van der Waals surface area contributed by atoms with Crippen LogP contribution in [0, 0.1) is 0 Å². The molecule has 0 saturated heterocycles. The summed E-state index contributed by atoms with van der Waals surface area (Å²) in [7, 11) is -2.79. The molecule has 0 aliphatic carbocycles. The van der Waals surface area contributed by atoms with Crippen molar-refractivity contribution in [2.45, 2.75) is 4.90 Å². The Balaban J connectivity index is 1.79. The van der Waals surface area contributed by atoms with E-state index in [1.54, 1.807) is 18.2 Å². The van der Waals surface area contributed by atoms with Crippen LogP contribution >= 0.6 is 34.8 Å². The lowest BCUT2D eigenvalue weighted by Crippen LogP contribution is -2.18. The summed E-state index contributed by atoms with van der Waals surface area (Å²) in [5.74, 6) is -0.660. The molecule has 0 aliphatic heterocycles. The van der Waals surface area contributed by atoms with Crippen molar-refractivity contribution in [3.05, 3.63) is 86.9 Å². The molecule has 7 nitrogen and oxygen atoms in total. The lowest BCUT2D eigenvalue weighted by molar-refractivity contribution is 0.0955. The lowest BCUT2D eigenvalue weighted by atomic mass is 10.2. The van der Waals surface area contributed by atoms with Gasteiger partial charge in [-0.15, -0.1) is 0 Å². The van der Waals surface area contributed by atoms with Crippen LogP contribution in [0.25, 0.3) is 0 Å². The molecule has 11 heteroatoms. The minimum Gasteiger partial charge on any atom is -0.493 e. The summed E-state index contributed by atoms with van der Waals surface area (Å²) < 4.78 is 35.4. The van der Waals surface area contributed by atoms with Crippen molar-refractivity contribution in [2.24, 2.45) is 5.10 Å². The molecule has 0 spiro atoms. The van der Waals surface area contributed by atoms with E-state index in [4.69, 9.17) is 43.7 Å². The van der Waals surface area contributed by atoms with Crippen LogP contribution in [0.5, 0.6) is 11.5 Å². The first-order valence-corrected chi connectivity index (χ1v) is 11.4. The normalized spacial score (nSPS) is 11.4. The van der Waals surface area contributed by atoms with Crippen molar-refractivity contribution >= 4 is 57.0 Å². The molecular weight excluding hydrogens is 499 g/mol. The van der Waals surface area contributed by atoms with E-state index in [1.165, 1.54) is 55.8 Å². The number of hydrazone groups is 1. The minimum absolute atomic E-state index is 0.0302. The number of nitrogens with one attached hydrogen (secondary N) is 1. The second kappa shape index (κ2) is 10.2. The molecule has 3 aromatic rings. The molecule has 32 heavy (non-hydrogen) atoms. The van der Waals surface area contributed by atoms with Gasteiger partial charge in [-0.3, -0.25) is 4.79 Å². The molecule has 0 aliphatic rings. The molecule has 1 amide bonds. The van der Waals surface area contributed by atoms with Gasteiger partial charge in [-0.05, 0) is 48.0 Å². The van der Waals surface area contributed by atoms with Gasteiger partial charge < -0.3 is 8.92 Å². The predicted octanol–water partition coefficient (Wildman–Crippen LogP) is 5.19. The second-order valence-electron chi connectivity index (χ2n) is 6.21. The van der Waals surface area contributed by atoms with E-state index in [2.05, 4.69) is 10.5 Å². The topological polar surface area (TPSA) is 94.1 Å². The Kier molecular flexibility index (Phi) is 7.63. The number of benzene rings is 3. The van der Waals surface area contributed by atoms with Crippen molar-refractivity contribution < 1.29 is 22.1 Å². The molecule has 0 radical (unpaired) electrons. The zero-order valence-corrected chi connectivity index (χ0v) is 19.5. The monoisotopic (exact) mass is 512 g/mol. The number of halogens is 3. The molecule has 0 heterocycles. The highest BCUT2D eigenvalue weighted by Crippen LogP contribution is 2.38. The highest BCUT2D eigenvalue weighted by Gasteiger charge is 2.22. The van der Waals surface area contributed by atoms with Crippen molar-refractivity contribution in [2.75, 3.05) is 7.11 Å². The van der Waals surface area contributed by atoms with E-state index in [1.807, 2.05) is 0 Å². The molecule has 1 N–H and O–H groups in total. The zero-order chi connectivity index (χ0) is 23.3. The highest BCUT2D eigenvalue weighted by molar-refractivity contribution is 7.87. The Hall–Kier alpha value is -2.78. The van der Waals surface area contributed by atoms with Gasteiger partial charge in [0.1, 0.15) is 4.90 Å². The lowest BCUT2D eigenvalue weighted by Gasteiger charge is -2.13. The third kappa shape index (κ3) is 5.72. The van der Waals surface area contributed by atoms with Crippen LogP contribution in [0.3, 0.4) is 0 Å². The summed E-state index contributed by atoms with van der Waals surface area (Å²) in [5.41, 5.74) is 2.94. The Morgan fingerprint density at radius 2 is 1.72 bits per heavy atom. The number of rotatable bonds is 7. The van der Waals surface area contributed by atoms with Gasteiger partial charge in [0.2, 0.25) is 5.75 Å². The number of carbonyl (C=O) groups excluding carboxylic acids is 1. The number of methoxy groups -OCH3 is 1. The van der Waals surface area contributed by atoms with E-state index >= 15 is 0 Å². The summed E-state index contributed by atoms with van der Waals surface area (Å²) in [4.78, 5) is 12.2. The Labute approximate surface area is 199 Å². The van der Waals surface area contributed by atoms with Gasteiger partial charge in [0.05, 0.1) is 28.9 Å². The van der Waals surface area contributed by atoms with E-state index < -0.39 is 16.0 Å². The number of hydrogen-bond donors (Lipinski definition) is 1. The molecule has 3 rings (SSSR count). The Morgan fingerprint density at radius 3 is 2.38 bits per heavy atom. The van der Waals surface area contributed by atoms with Crippen LogP contribution in [-0.2, 0) is 10.1 Å². The molecule has 0 fully saturated rings. The largest absolute Gasteiger partial charge is 0.493 e. The van der Waals surface area contributed by atoms with Crippen molar-refractivity contribution in [3.8, 4) is 11.5 Å². The van der Waals surface area contributed by atoms with Crippen molar-refractivity contribution in [3.63, 3.8) is 0 Å². The maximum atomic E-state index is 12.5. The maximum absolute atomic E-state index is 12.5. The fourth-order valence-electron chi connectivity index (χ4n) is 2.54. The summed E-state index contributed by atoms with van der Waals surface area (Å²) in [6, 6.07) is 14.9. The number of carbonyl (C=O) groups is 1. The van der Waals surface area contributed by atoms with Crippen LogP contribution in [0.1, 0.15) is 15.9 Å². The van der Waals surface area contributed by atoms with Gasteiger partial charge in [0.15, 0.2) is 5.75 Å². The molecule has 3 aromatic carbocycles. The van der Waals surface area contributed by atoms with Crippen LogP contribution in [0.4, 0.5) is 0 Å². The van der Waals surface area contributed by atoms with Gasteiger partial charge in [0.25, 0.3) is 5.91 Å². The van der Waals surface area contributed by atoms with E-state index in [-0.39, 0.29) is 32.0 Å². The van der Waals surface area contributed by atoms with Gasteiger partial charge in [0, 0.05) is 5.02 Å². The summed E-state index contributed by atoms with van der Waals surface area (Å²) >= 11 is 18.1. The fraction of sp³-hybridized carbons (Fsp3) is 0.0476. The molecule has 166 valence electrons. The molecule has 0 aromatic heterocycles. The van der Waals surface area contributed by atoms with Crippen molar-refractivity contribution in [1.82, 2.24) is 5.43 Å². The first-order valence-electron chi connectivity index (χ1n) is 8.87. The maximum Gasteiger partial charge on any atom is 0.339 e. The van der Waals surface area contributed by atoms with Crippen LogP contribution in [0.2, 0.25) is 15.1 Å². The Morgan fingerprint density at radius 1 is 1.00 bits per heavy atom. The average molecular weight is 514 g/mol. The first kappa shape index (κ1) is 23.9. The number of nitrogens with zero attached hydrogens (tertiary/aromatic N) is 1. The number of ether oxygens (including phenoxy) is 1. The third-order valence-corrected chi connectivity index (χ3v) is 6.10. The molecule has 0 atom stereocenters. The smallest absolute Gasteiger partial charge is 0.339 e. The minimum atomic E-state index is -4.12. The zero-order valence-electron chi connectivity index (χ0n) is 16.4. The molecule has 0 unspecified atom stereocenters. The summed E-state index contributed by atoms with van der Waals surface area (Å²) in [5, 5.41) is 4.40. The highest BCUT2D eigenvalue weighted by atomic mass is 35.5. The van der Waals surface area contributed by atoms with E-state index in [9.17, 15) is 13.2 Å². The quantitative estimate of drug-likeness (QED) is 0.267. The SMILES string of the molecule is COc1cc(/C=N\NC(=O)c2ccc(Cl)cc2Cl)cc(Cl)c1OS(=O)(=O)c1ccccc1. The summed E-state index contributed by atoms with van der Waals surface area (Å²) in [6.07, 6.45) is 1.30. The van der Waals surface area contributed by atoms with Crippen LogP contribution < -0.4 is 14.3 Å². The standard InChI is InChI=1S/C21H15Cl3N2O5S/c1-30-19-10-13(12-25-26-21(27)16-8-7-14(22)11-17(16)23)9-18(24)20(19)31-32(28,29)15-5-3-2-4-6-15/h2-12H,1H3,(H,26,27)/b25-12-.